The first kappa shape index (κ1) is 14.1. The number of carbonyl (C=O) groups excluding carboxylic acids is 1. The van der Waals surface area contributed by atoms with Gasteiger partial charge in [-0.15, -0.1) is 0 Å². The molecule has 0 bridgehead atoms. The lowest BCUT2D eigenvalue weighted by Gasteiger charge is -2.07. The van der Waals surface area contributed by atoms with E-state index < -0.39 is 0 Å². The van der Waals surface area contributed by atoms with Gasteiger partial charge in [-0.25, -0.2) is 9.37 Å². The number of ketones is 1. The summed E-state index contributed by atoms with van der Waals surface area (Å²) in [4.78, 5) is 28.2. The van der Waals surface area contributed by atoms with Gasteiger partial charge >= 0.3 is 0 Å². The van der Waals surface area contributed by atoms with Crippen molar-refractivity contribution in [2.45, 2.75) is 13.5 Å². The lowest BCUT2D eigenvalue weighted by molar-refractivity contribution is 0.101. The summed E-state index contributed by atoms with van der Waals surface area (Å²) in [6.07, 6.45) is 1.46. The molecule has 1 heterocycles. The highest BCUT2D eigenvalue weighted by atomic mass is 19.1. The molecule has 22 heavy (non-hydrogen) atoms. The Hall–Kier alpha value is -2.82. The van der Waals surface area contributed by atoms with E-state index >= 15 is 0 Å². The van der Waals surface area contributed by atoms with Crippen molar-refractivity contribution < 1.29 is 9.18 Å². The standard InChI is InChI=1S/C17H13FN2O2/c1-11(21)13-4-7-16-15(8-13)17(22)20(10-19-16)9-12-2-5-14(18)6-3-12/h2-8,10H,9H2,1H3. The number of Topliss-reactive ketones (excluding diaryl/α,β-unsaturated/α-hetero) is 1. The van der Waals surface area contributed by atoms with E-state index in [1.165, 1.54) is 30.0 Å². The summed E-state index contributed by atoms with van der Waals surface area (Å²) in [5, 5.41) is 0.400. The van der Waals surface area contributed by atoms with E-state index in [0.29, 0.717) is 23.0 Å². The van der Waals surface area contributed by atoms with Crippen molar-refractivity contribution in [1.82, 2.24) is 9.55 Å². The van der Waals surface area contributed by atoms with Crippen LogP contribution in [0.5, 0.6) is 0 Å². The molecular formula is C17H13FN2O2. The molecule has 0 N–H and O–H groups in total. The minimum absolute atomic E-state index is 0.102. The summed E-state index contributed by atoms with van der Waals surface area (Å²) in [5.74, 6) is -0.422. The third kappa shape index (κ3) is 2.65. The zero-order chi connectivity index (χ0) is 15.7. The summed E-state index contributed by atoms with van der Waals surface area (Å²) in [6, 6.07) is 10.8. The highest BCUT2D eigenvalue weighted by Crippen LogP contribution is 2.11. The summed E-state index contributed by atoms with van der Waals surface area (Å²) in [5.41, 5.74) is 1.60. The van der Waals surface area contributed by atoms with E-state index in [0.717, 1.165) is 5.56 Å². The maximum absolute atomic E-state index is 12.9. The number of hydrogen-bond acceptors (Lipinski definition) is 3. The van der Waals surface area contributed by atoms with Gasteiger partial charge in [-0.2, -0.15) is 0 Å². The Kier molecular flexibility index (Phi) is 3.55. The summed E-state index contributed by atoms with van der Waals surface area (Å²) in [7, 11) is 0. The van der Waals surface area contributed by atoms with Crippen LogP contribution in [0.4, 0.5) is 4.39 Å². The van der Waals surface area contributed by atoms with E-state index in [2.05, 4.69) is 4.98 Å². The van der Waals surface area contributed by atoms with Gasteiger partial charge in [0.15, 0.2) is 5.78 Å². The van der Waals surface area contributed by atoms with Gasteiger partial charge in [0.25, 0.3) is 5.56 Å². The van der Waals surface area contributed by atoms with Gasteiger partial charge in [-0.1, -0.05) is 12.1 Å². The largest absolute Gasteiger partial charge is 0.295 e. The molecule has 0 radical (unpaired) electrons. The number of nitrogens with zero attached hydrogens (tertiary/aromatic N) is 2. The number of benzene rings is 2. The Morgan fingerprint density at radius 3 is 2.59 bits per heavy atom. The van der Waals surface area contributed by atoms with Gasteiger partial charge in [0.1, 0.15) is 5.82 Å². The Morgan fingerprint density at radius 1 is 1.18 bits per heavy atom. The zero-order valence-corrected chi connectivity index (χ0v) is 11.9. The van der Waals surface area contributed by atoms with Crippen LogP contribution in [0.1, 0.15) is 22.8 Å². The maximum Gasteiger partial charge on any atom is 0.261 e. The molecular weight excluding hydrogens is 283 g/mol. The van der Waals surface area contributed by atoms with E-state index in [-0.39, 0.29) is 17.2 Å². The average Bonchev–Trinajstić information content (AvgIpc) is 2.52. The van der Waals surface area contributed by atoms with Gasteiger partial charge in [-0.3, -0.25) is 14.2 Å². The number of aromatic nitrogens is 2. The fourth-order valence-corrected chi connectivity index (χ4v) is 2.28. The molecule has 0 spiro atoms. The third-order valence-electron chi connectivity index (χ3n) is 3.50. The highest BCUT2D eigenvalue weighted by Gasteiger charge is 2.08. The molecule has 110 valence electrons. The molecule has 0 aliphatic rings. The lowest BCUT2D eigenvalue weighted by Crippen LogP contribution is -2.21. The third-order valence-corrected chi connectivity index (χ3v) is 3.50. The Labute approximate surface area is 125 Å². The first-order chi connectivity index (χ1) is 10.5. The van der Waals surface area contributed by atoms with Crippen molar-refractivity contribution in [3.63, 3.8) is 0 Å². The number of hydrogen-bond donors (Lipinski definition) is 0. The fourth-order valence-electron chi connectivity index (χ4n) is 2.28. The zero-order valence-electron chi connectivity index (χ0n) is 11.9. The van der Waals surface area contributed by atoms with Crippen LogP contribution in [0, 0.1) is 5.82 Å². The van der Waals surface area contributed by atoms with Crippen LogP contribution in [0.15, 0.2) is 53.6 Å². The molecule has 0 saturated heterocycles. The van der Waals surface area contributed by atoms with Crippen molar-refractivity contribution in [1.29, 1.82) is 0 Å². The molecule has 0 aliphatic carbocycles. The van der Waals surface area contributed by atoms with E-state index in [1.54, 1.807) is 30.3 Å². The van der Waals surface area contributed by atoms with Gasteiger partial charge in [0.2, 0.25) is 0 Å². The van der Waals surface area contributed by atoms with Gasteiger partial charge < -0.3 is 0 Å². The highest BCUT2D eigenvalue weighted by molar-refractivity contribution is 5.97. The maximum atomic E-state index is 12.9. The molecule has 1 aromatic heterocycles. The first-order valence-corrected chi connectivity index (χ1v) is 6.79. The van der Waals surface area contributed by atoms with Gasteiger partial charge in [-0.05, 0) is 42.8 Å². The smallest absolute Gasteiger partial charge is 0.261 e. The Morgan fingerprint density at radius 2 is 1.91 bits per heavy atom. The molecule has 3 aromatic rings. The van der Waals surface area contributed by atoms with Gasteiger partial charge in [0, 0.05) is 5.56 Å². The van der Waals surface area contributed by atoms with E-state index in [9.17, 15) is 14.0 Å². The van der Waals surface area contributed by atoms with Crippen LogP contribution in [-0.4, -0.2) is 15.3 Å². The molecule has 0 fully saturated rings. The van der Waals surface area contributed by atoms with Crippen LogP contribution in [0.3, 0.4) is 0 Å². The minimum atomic E-state index is -0.321. The molecule has 2 aromatic carbocycles. The molecule has 0 saturated carbocycles. The molecule has 4 nitrogen and oxygen atoms in total. The molecule has 0 unspecified atom stereocenters. The Bertz CT molecular complexity index is 914. The molecule has 3 rings (SSSR count). The lowest BCUT2D eigenvalue weighted by atomic mass is 10.1. The molecule has 0 amide bonds. The van der Waals surface area contributed by atoms with Crippen molar-refractivity contribution >= 4 is 16.7 Å². The Balaban J connectivity index is 2.07. The normalized spacial score (nSPS) is 10.8. The van der Waals surface area contributed by atoms with Crippen LogP contribution in [0.2, 0.25) is 0 Å². The quantitative estimate of drug-likeness (QED) is 0.698. The summed E-state index contributed by atoms with van der Waals surface area (Å²) >= 11 is 0. The summed E-state index contributed by atoms with van der Waals surface area (Å²) in [6.45, 7) is 1.75. The first-order valence-electron chi connectivity index (χ1n) is 6.79. The second kappa shape index (κ2) is 5.52. The average molecular weight is 296 g/mol. The topological polar surface area (TPSA) is 52.0 Å². The predicted molar refractivity (Wildman–Crippen MR) is 81.5 cm³/mol. The number of rotatable bonds is 3. The predicted octanol–water partition coefficient (Wildman–Crippen LogP) is 2.79. The second-order valence-electron chi connectivity index (χ2n) is 5.09. The second-order valence-corrected chi connectivity index (χ2v) is 5.09. The number of carbonyl (C=O) groups is 1. The van der Waals surface area contributed by atoms with Crippen LogP contribution < -0.4 is 5.56 Å². The van der Waals surface area contributed by atoms with E-state index in [1.807, 2.05) is 0 Å². The van der Waals surface area contributed by atoms with E-state index in [4.69, 9.17) is 0 Å². The molecule has 5 heteroatoms. The SMILES string of the molecule is CC(=O)c1ccc2ncn(Cc3ccc(F)cc3)c(=O)c2c1. The molecule has 0 aliphatic heterocycles. The van der Waals surface area contributed by atoms with Crippen LogP contribution >= 0.6 is 0 Å². The number of halogens is 1. The van der Waals surface area contributed by atoms with Crippen LogP contribution in [-0.2, 0) is 6.54 Å². The summed E-state index contributed by atoms with van der Waals surface area (Å²) < 4.78 is 14.4. The number of fused-ring (bicyclic) bond motifs is 1. The minimum Gasteiger partial charge on any atom is -0.295 e. The van der Waals surface area contributed by atoms with Crippen molar-refractivity contribution in [3.8, 4) is 0 Å². The fraction of sp³-hybridized carbons (Fsp3) is 0.118. The van der Waals surface area contributed by atoms with Crippen molar-refractivity contribution in [2.24, 2.45) is 0 Å². The molecule has 0 atom stereocenters. The van der Waals surface area contributed by atoms with Crippen molar-refractivity contribution in [2.75, 3.05) is 0 Å². The van der Waals surface area contributed by atoms with Crippen molar-refractivity contribution in [3.05, 3.63) is 76.1 Å². The van der Waals surface area contributed by atoms with Gasteiger partial charge in [0.05, 0.1) is 23.8 Å². The monoisotopic (exact) mass is 296 g/mol. The van der Waals surface area contributed by atoms with Crippen LogP contribution in [0.25, 0.3) is 10.9 Å².